The number of hydrogen-bond donors (Lipinski definition) is 2. The lowest BCUT2D eigenvalue weighted by atomic mass is 10.6. The molecule has 0 aliphatic heterocycles. The van der Waals surface area contributed by atoms with E-state index in [-0.39, 0.29) is 0 Å². The second kappa shape index (κ2) is 5.56. The lowest BCUT2D eigenvalue weighted by molar-refractivity contribution is -0.169. The van der Waals surface area contributed by atoms with Crippen molar-refractivity contribution in [2.24, 2.45) is 11.5 Å². The maximum absolute atomic E-state index is 10.7. The zero-order valence-electron chi connectivity index (χ0n) is 5.48. The highest BCUT2D eigenvalue weighted by atomic mass is 19.4. The Morgan fingerprint density at radius 2 is 1.73 bits per heavy atom. The van der Waals surface area contributed by atoms with Crippen LogP contribution in [0.3, 0.4) is 0 Å². The molecule has 0 aliphatic carbocycles. The van der Waals surface area contributed by atoms with Gasteiger partial charge in [-0.05, 0) is 0 Å². The molecule has 0 radical (unpaired) electrons. The number of alkyl halides is 3. The molecule has 0 aliphatic rings. The average Bonchev–Trinajstić information content (AvgIpc) is 1.87. The number of halogens is 3. The van der Waals surface area contributed by atoms with Gasteiger partial charge in [0.15, 0.2) is 0 Å². The van der Waals surface area contributed by atoms with Crippen molar-refractivity contribution in [3.63, 3.8) is 0 Å². The van der Waals surface area contributed by atoms with Crippen LogP contribution in [0.25, 0.3) is 0 Å². The van der Waals surface area contributed by atoms with E-state index in [9.17, 15) is 13.2 Å². The lowest BCUT2D eigenvalue weighted by Gasteiger charge is -1.95. The van der Waals surface area contributed by atoms with Crippen LogP contribution in [0.2, 0.25) is 0 Å². The van der Waals surface area contributed by atoms with Crippen molar-refractivity contribution in [3.8, 4) is 12.3 Å². The number of amides is 1. The molecule has 0 atom stereocenters. The minimum Gasteiger partial charge on any atom is -0.362 e. The number of nitrogens with two attached hydrogens (primary N) is 2. The largest absolute Gasteiger partial charge is 0.470 e. The van der Waals surface area contributed by atoms with Gasteiger partial charge in [0.2, 0.25) is 0 Å². The van der Waals surface area contributed by atoms with Crippen LogP contribution in [-0.2, 0) is 4.79 Å². The van der Waals surface area contributed by atoms with Crippen LogP contribution in [-0.4, -0.2) is 18.6 Å². The predicted octanol–water partition coefficient (Wildman–Crippen LogP) is -0.388. The number of carbonyl (C=O) groups excluding carboxylic acids is 1. The van der Waals surface area contributed by atoms with Gasteiger partial charge in [-0.25, -0.2) is 0 Å². The molecule has 4 N–H and O–H groups in total. The van der Waals surface area contributed by atoms with Gasteiger partial charge in [0.25, 0.3) is 0 Å². The van der Waals surface area contributed by atoms with Crippen LogP contribution >= 0.6 is 0 Å². The highest BCUT2D eigenvalue weighted by Gasteiger charge is 2.35. The molecular weight excluding hydrogens is 161 g/mol. The van der Waals surface area contributed by atoms with Crippen molar-refractivity contribution >= 4 is 5.91 Å². The first-order valence-corrected chi connectivity index (χ1v) is 2.36. The summed E-state index contributed by atoms with van der Waals surface area (Å²) in [6.45, 7) is 0.347. The minimum absolute atomic E-state index is 0.347. The van der Waals surface area contributed by atoms with E-state index in [0.717, 1.165) is 0 Å². The van der Waals surface area contributed by atoms with Gasteiger partial charge in [-0.1, -0.05) is 5.92 Å². The second-order valence-corrected chi connectivity index (χ2v) is 1.27. The highest BCUT2D eigenvalue weighted by molar-refractivity contribution is 5.79. The Balaban J connectivity index is 0. The molecule has 3 nitrogen and oxygen atoms in total. The fraction of sp³-hybridized carbons (Fsp3) is 0.400. The quantitative estimate of drug-likeness (QED) is 0.484. The van der Waals surface area contributed by atoms with E-state index in [1.54, 1.807) is 0 Å². The molecule has 0 aromatic heterocycles. The van der Waals surface area contributed by atoms with Gasteiger partial charge in [0.05, 0.1) is 6.54 Å². The van der Waals surface area contributed by atoms with E-state index < -0.39 is 12.1 Å². The van der Waals surface area contributed by atoms with Crippen molar-refractivity contribution in [1.29, 1.82) is 0 Å². The van der Waals surface area contributed by atoms with Crippen LogP contribution in [0.4, 0.5) is 13.2 Å². The summed E-state index contributed by atoms with van der Waals surface area (Å²) in [6, 6.07) is 0. The molecule has 0 unspecified atom stereocenters. The third-order valence-electron chi connectivity index (χ3n) is 0.397. The molecule has 0 rings (SSSR count). The van der Waals surface area contributed by atoms with Crippen LogP contribution in [0, 0.1) is 12.3 Å². The summed E-state index contributed by atoms with van der Waals surface area (Å²) in [4.78, 5) is 9.12. The van der Waals surface area contributed by atoms with Crippen molar-refractivity contribution in [3.05, 3.63) is 0 Å². The Bertz CT molecular complexity index is 158. The van der Waals surface area contributed by atoms with E-state index in [2.05, 4.69) is 18.1 Å². The number of rotatable bonds is 0. The molecule has 0 aromatic rings. The molecule has 0 spiro atoms. The Hall–Kier alpha value is -1.22. The van der Waals surface area contributed by atoms with E-state index in [4.69, 9.17) is 10.5 Å². The van der Waals surface area contributed by atoms with Crippen LogP contribution in [0.5, 0.6) is 0 Å². The number of primary amides is 1. The fourth-order valence-corrected chi connectivity index (χ4v) is 0. The van der Waals surface area contributed by atoms with E-state index >= 15 is 0 Å². The van der Waals surface area contributed by atoms with Crippen LogP contribution < -0.4 is 11.5 Å². The van der Waals surface area contributed by atoms with Gasteiger partial charge in [0.1, 0.15) is 0 Å². The number of hydrogen-bond acceptors (Lipinski definition) is 2. The van der Waals surface area contributed by atoms with E-state index in [1.165, 1.54) is 0 Å². The molecule has 0 saturated carbocycles. The van der Waals surface area contributed by atoms with Crippen molar-refractivity contribution in [2.45, 2.75) is 6.18 Å². The van der Waals surface area contributed by atoms with Crippen molar-refractivity contribution < 1.29 is 18.0 Å². The third kappa shape index (κ3) is 12.1. The van der Waals surface area contributed by atoms with Gasteiger partial charge in [-0.15, -0.1) is 6.42 Å². The molecule has 64 valence electrons. The van der Waals surface area contributed by atoms with Gasteiger partial charge in [-0.3, -0.25) is 4.79 Å². The summed E-state index contributed by atoms with van der Waals surface area (Å²) >= 11 is 0. The zero-order valence-corrected chi connectivity index (χ0v) is 5.48. The molecule has 6 heteroatoms. The van der Waals surface area contributed by atoms with Gasteiger partial charge < -0.3 is 11.5 Å². The predicted molar refractivity (Wildman–Crippen MR) is 33.1 cm³/mol. The maximum Gasteiger partial charge on any atom is 0.470 e. The Morgan fingerprint density at radius 1 is 1.55 bits per heavy atom. The van der Waals surface area contributed by atoms with Gasteiger partial charge >= 0.3 is 12.1 Å². The molecule has 0 bridgehead atoms. The monoisotopic (exact) mass is 168 g/mol. The van der Waals surface area contributed by atoms with Gasteiger partial charge in [-0.2, -0.15) is 13.2 Å². The topological polar surface area (TPSA) is 69.1 Å². The second-order valence-electron chi connectivity index (χ2n) is 1.27. The first kappa shape index (κ1) is 12.5. The molecule has 0 fully saturated rings. The summed E-state index contributed by atoms with van der Waals surface area (Å²) in [5.74, 6) is -0.0486. The van der Waals surface area contributed by atoms with E-state index in [0.29, 0.717) is 6.54 Å². The van der Waals surface area contributed by atoms with Gasteiger partial charge in [0, 0.05) is 0 Å². The molecule has 0 saturated heterocycles. The molecule has 0 aromatic carbocycles. The molecule has 11 heavy (non-hydrogen) atoms. The summed E-state index contributed by atoms with van der Waals surface area (Å²) in [6.07, 6.45) is -0.208. The first-order chi connectivity index (χ1) is 4.86. The molecule has 0 heterocycles. The van der Waals surface area contributed by atoms with Crippen LogP contribution in [0.15, 0.2) is 0 Å². The summed E-state index contributed by atoms with van der Waals surface area (Å²) in [7, 11) is 0. The standard InChI is InChI=1S/C3H5N.C2H2F3NO/c1-2-3-4;3-2(4,5)1(6)7/h1H,3-4H2;(H2,6,7). The van der Waals surface area contributed by atoms with Crippen molar-refractivity contribution in [2.75, 3.05) is 6.54 Å². The fourth-order valence-electron chi connectivity index (χ4n) is 0. The highest BCUT2D eigenvalue weighted by Crippen LogP contribution is 2.11. The third-order valence-corrected chi connectivity index (χ3v) is 0.397. The summed E-state index contributed by atoms with van der Waals surface area (Å²) in [5, 5.41) is 0. The SMILES string of the molecule is C#CCN.NC(=O)C(F)(F)F. The first-order valence-electron chi connectivity index (χ1n) is 2.36. The van der Waals surface area contributed by atoms with Crippen LogP contribution in [0.1, 0.15) is 0 Å². The van der Waals surface area contributed by atoms with Crippen molar-refractivity contribution in [1.82, 2.24) is 0 Å². The minimum atomic E-state index is -4.86. The average molecular weight is 168 g/mol. The smallest absolute Gasteiger partial charge is 0.362 e. The number of carbonyl (C=O) groups is 1. The normalized spacial score (nSPS) is 9.00. The Morgan fingerprint density at radius 3 is 1.73 bits per heavy atom. The maximum atomic E-state index is 10.7. The lowest BCUT2D eigenvalue weighted by Crippen LogP contribution is -2.30. The Kier molecular flexibility index (Phi) is 6.29. The molecular formula is C5H7F3N2O. The molecule has 1 amide bonds. The number of terminal acetylenes is 1. The Labute approximate surface area is 61.5 Å². The summed E-state index contributed by atoms with van der Waals surface area (Å²) < 4.78 is 32.1. The van der Waals surface area contributed by atoms with E-state index in [1.807, 2.05) is 0 Å². The summed E-state index contributed by atoms with van der Waals surface area (Å²) in [5.41, 5.74) is 8.60. The zero-order chi connectivity index (χ0) is 9.49.